The van der Waals surface area contributed by atoms with Crippen molar-refractivity contribution in [2.45, 2.75) is 31.5 Å². The van der Waals surface area contributed by atoms with Gasteiger partial charge in [0, 0.05) is 5.56 Å². The molecule has 6 heteroatoms. The largest absolute Gasteiger partial charge is 0.479 e. The molecule has 0 bridgehead atoms. The number of carboxylic acids is 1. The number of halogens is 3. The Bertz CT molecular complexity index is 454. The first-order valence-corrected chi connectivity index (χ1v) is 5.23. The highest BCUT2D eigenvalue weighted by Crippen LogP contribution is 2.39. The standard InChI is InChI=1S/C12H13F3O3/c1-7(2)8-4-3-5-9(6-8)11(18,10(16)17)12(13,14)15/h3-7,18H,1-2H3,(H,16,17). The van der Waals surface area contributed by atoms with Crippen molar-refractivity contribution in [3.63, 3.8) is 0 Å². The van der Waals surface area contributed by atoms with E-state index in [1.165, 1.54) is 6.07 Å². The zero-order chi connectivity index (χ0) is 14.1. The third kappa shape index (κ3) is 2.33. The molecular formula is C12H13F3O3. The van der Waals surface area contributed by atoms with Crippen LogP contribution in [0.1, 0.15) is 30.9 Å². The van der Waals surface area contributed by atoms with Gasteiger partial charge in [0.15, 0.2) is 0 Å². The Morgan fingerprint density at radius 2 is 1.83 bits per heavy atom. The summed E-state index contributed by atoms with van der Waals surface area (Å²) in [6.45, 7) is 3.51. The van der Waals surface area contributed by atoms with Gasteiger partial charge < -0.3 is 10.2 Å². The molecule has 0 radical (unpaired) electrons. The second kappa shape index (κ2) is 4.61. The lowest BCUT2D eigenvalue weighted by Gasteiger charge is -2.27. The number of aliphatic carboxylic acids is 1. The molecule has 0 heterocycles. The average molecular weight is 262 g/mol. The van der Waals surface area contributed by atoms with Gasteiger partial charge in [-0.1, -0.05) is 38.1 Å². The number of carbonyl (C=O) groups is 1. The first-order valence-electron chi connectivity index (χ1n) is 5.23. The highest BCUT2D eigenvalue weighted by atomic mass is 19.4. The van der Waals surface area contributed by atoms with Gasteiger partial charge in [-0.05, 0) is 11.5 Å². The number of rotatable bonds is 3. The van der Waals surface area contributed by atoms with Crippen LogP contribution in [0, 0.1) is 0 Å². The van der Waals surface area contributed by atoms with Crippen molar-refractivity contribution in [2.75, 3.05) is 0 Å². The molecule has 0 saturated heterocycles. The molecule has 0 spiro atoms. The summed E-state index contributed by atoms with van der Waals surface area (Å²) < 4.78 is 38.2. The topological polar surface area (TPSA) is 57.5 Å². The minimum Gasteiger partial charge on any atom is -0.479 e. The number of alkyl halides is 3. The molecule has 3 nitrogen and oxygen atoms in total. The predicted molar refractivity (Wildman–Crippen MR) is 58.1 cm³/mol. The lowest BCUT2D eigenvalue weighted by Crippen LogP contribution is -2.49. The molecule has 1 atom stereocenters. The van der Waals surface area contributed by atoms with Gasteiger partial charge in [0.05, 0.1) is 0 Å². The van der Waals surface area contributed by atoms with Crippen molar-refractivity contribution in [1.82, 2.24) is 0 Å². The van der Waals surface area contributed by atoms with Crippen molar-refractivity contribution in [2.24, 2.45) is 0 Å². The van der Waals surface area contributed by atoms with Gasteiger partial charge in [-0.2, -0.15) is 13.2 Å². The molecule has 0 aliphatic carbocycles. The van der Waals surface area contributed by atoms with Gasteiger partial charge in [-0.25, -0.2) is 4.79 Å². The van der Waals surface area contributed by atoms with E-state index >= 15 is 0 Å². The van der Waals surface area contributed by atoms with Gasteiger partial charge in [-0.3, -0.25) is 0 Å². The van der Waals surface area contributed by atoms with E-state index in [1.54, 1.807) is 19.9 Å². The lowest BCUT2D eigenvalue weighted by atomic mass is 9.90. The molecule has 1 aromatic rings. The van der Waals surface area contributed by atoms with E-state index in [9.17, 15) is 23.1 Å². The van der Waals surface area contributed by atoms with E-state index < -0.39 is 23.3 Å². The number of hydrogen-bond acceptors (Lipinski definition) is 2. The molecule has 0 aliphatic rings. The summed E-state index contributed by atoms with van der Waals surface area (Å²) in [5.74, 6) is -2.41. The van der Waals surface area contributed by atoms with Crippen LogP contribution in [0.3, 0.4) is 0 Å². The van der Waals surface area contributed by atoms with Gasteiger partial charge in [0.1, 0.15) is 0 Å². The Morgan fingerprint density at radius 1 is 1.28 bits per heavy atom. The molecule has 0 saturated carbocycles. The Labute approximate surface area is 102 Å². The molecule has 0 amide bonds. The average Bonchev–Trinajstić information content (AvgIpc) is 2.26. The van der Waals surface area contributed by atoms with Crippen LogP contribution in [0.2, 0.25) is 0 Å². The van der Waals surface area contributed by atoms with E-state index in [2.05, 4.69) is 0 Å². The van der Waals surface area contributed by atoms with Gasteiger partial charge in [0.2, 0.25) is 0 Å². The monoisotopic (exact) mass is 262 g/mol. The number of carboxylic acid groups (broad SMARTS) is 1. The number of hydrogen-bond donors (Lipinski definition) is 2. The maximum Gasteiger partial charge on any atom is 0.432 e. The van der Waals surface area contributed by atoms with E-state index in [1.807, 2.05) is 0 Å². The number of benzene rings is 1. The molecular weight excluding hydrogens is 249 g/mol. The highest BCUT2D eigenvalue weighted by molar-refractivity contribution is 5.80. The quantitative estimate of drug-likeness (QED) is 0.880. The van der Waals surface area contributed by atoms with Crippen molar-refractivity contribution in [3.05, 3.63) is 35.4 Å². The molecule has 1 rings (SSSR count). The predicted octanol–water partition coefficient (Wildman–Crippen LogP) is 2.64. The summed E-state index contributed by atoms with van der Waals surface area (Å²) in [5, 5.41) is 18.2. The van der Waals surface area contributed by atoms with Crippen molar-refractivity contribution in [3.8, 4) is 0 Å². The van der Waals surface area contributed by atoms with Crippen LogP contribution in [0.5, 0.6) is 0 Å². The molecule has 1 aromatic carbocycles. The molecule has 1 unspecified atom stereocenters. The van der Waals surface area contributed by atoms with Gasteiger partial charge in [-0.15, -0.1) is 0 Å². The summed E-state index contributed by atoms with van der Waals surface area (Å²) in [5.41, 5.74) is -4.04. The van der Waals surface area contributed by atoms with E-state index in [-0.39, 0.29) is 5.92 Å². The third-order valence-electron chi connectivity index (χ3n) is 2.69. The van der Waals surface area contributed by atoms with Crippen LogP contribution >= 0.6 is 0 Å². The fourth-order valence-corrected chi connectivity index (χ4v) is 1.53. The first-order chi connectivity index (χ1) is 8.10. The van der Waals surface area contributed by atoms with Crippen LogP contribution in [0.25, 0.3) is 0 Å². The van der Waals surface area contributed by atoms with Crippen LogP contribution < -0.4 is 0 Å². The summed E-state index contributed by atoms with van der Waals surface area (Å²) in [7, 11) is 0. The summed E-state index contributed by atoms with van der Waals surface area (Å²) >= 11 is 0. The third-order valence-corrected chi connectivity index (χ3v) is 2.69. The fourth-order valence-electron chi connectivity index (χ4n) is 1.53. The summed E-state index contributed by atoms with van der Waals surface area (Å²) in [4.78, 5) is 10.8. The van der Waals surface area contributed by atoms with E-state index in [0.29, 0.717) is 5.56 Å². The molecule has 18 heavy (non-hydrogen) atoms. The molecule has 100 valence electrons. The fraction of sp³-hybridized carbons (Fsp3) is 0.417. The van der Waals surface area contributed by atoms with Crippen LogP contribution in [-0.4, -0.2) is 22.4 Å². The van der Waals surface area contributed by atoms with Crippen molar-refractivity contribution < 1.29 is 28.2 Å². The van der Waals surface area contributed by atoms with Gasteiger partial charge in [0.25, 0.3) is 5.60 Å². The summed E-state index contributed by atoms with van der Waals surface area (Å²) in [6, 6.07) is 4.89. The van der Waals surface area contributed by atoms with E-state index in [0.717, 1.165) is 12.1 Å². The second-order valence-electron chi connectivity index (χ2n) is 4.29. The van der Waals surface area contributed by atoms with E-state index in [4.69, 9.17) is 5.11 Å². The Morgan fingerprint density at radius 3 is 2.22 bits per heavy atom. The van der Waals surface area contributed by atoms with Crippen LogP contribution in [0.15, 0.2) is 24.3 Å². The zero-order valence-corrected chi connectivity index (χ0v) is 9.82. The van der Waals surface area contributed by atoms with Crippen molar-refractivity contribution in [1.29, 1.82) is 0 Å². The molecule has 2 N–H and O–H groups in total. The first kappa shape index (κ1) is 14.5. The maximum absolute atomic E-state index is 12.7. The smallest absolute Gasteiger partial charge is 0.432 e. The second-order valence-corrected chi connectivity index (χ2v) is 4.29. The molecule has 0 fully saturated rings. The maximum atomic E-state index is 12.7. The SMILES string of the molecule is CC(C)c1cccc(C(O)(C(=O)O)C(F)(F)F)c1. The minimum atomic E-state index is -5.28. The lowest BCUT2D eigenvalue weighted by molar-refractivity contribution is -0.265. The zero-order valence-electron chi connectivity index (χ0n) is 9.82. The molecule has 0 aromatic heterocycles. The highest BCUT2D eigenvalue weighted by Gasteiger charge is 2.61. The Hall–Kier alpha value is -1.56. The van der Waals surface area contributed by atoms with Crippen LogP contribution in [0.4, 0.5) is 13.2 Å². The van der Waals surface area contributed by atoms with Gasteiger partial charge >= 0.3 is 12.1 Å². The van der Waals surface area contributed by atoms with Crippen molar-refractivity contribution >= 4 is 5.97 Å². The van der Waals surface area contributed by atoms with Crippen LogP contribution in [-0.2, 0) is 10.4 Å². The number of aliphatic hydroxyl groups is 1. The minimum absolute atomic E-state index is 0.0729. The summed E-state index contributed by atoms with van der Waals surface area (Å²) in [6.07, 6.45) is -5.28. The Balaban J connectivity index is 3.41. The Kier molecular flexibility index (Phi) is 3.71. The molecule has 0 aliphatic heterocycles. The normalized spacial score (nSPS) is 15.5.